The van der Waals surface area contributed by atoms with E-state index in [1.54, 1.807) is 19.2 Å². The van der Waals surface area contributed by atoms with Crippen LogP contribution < -0.4 is 33.0 Å². The van der Waals surface area contributed by atoms with E-state index in [9.17, 15) is 14.7 Å². The Morgan fingerprint density at radius 1 is 1.42 bits per heavy atom. The molecule has 0 bridgehead atoms. The molecule has 0 saturated carbocycles. The molecule has 14 heteroatoms. The van der Waals surface area contributed by atoms with Gasteiger partial charge in [-0.15, -0.1) is 0 Å². The van der Waals surface area contributed by atoms with E-state index < -0.39 is 24.0 Å². The van der Waals surface area contributed by atoms with Crippen LogP contribution >= 0.6 is 0 Å². The van der Waals surface area contributed by atoms with Crippen LogP contribution in [-0.4, -0.2) is 58.9 Å². The monoisotopic (exact) mass is 494 g/mol. The van der Waals surface area contributed by atoms with Crippen LogP contribution in [0.2, 0.25) is 0 Å². The fraction of sp³-hybridized carbons (Fsp3) is 0.227. The van der Waals surface area contributed by atoms with Crippen LogP contribution in [0.3, 0.4) is 0 Å². The van der Waals surface area contributed by atoms with Gasteiger partial charge in [-0.25, -0.2) is 0 Å². The fourth-order valence-electron chi connectivity index (χ4n) is 3.41. The largest absolute Gasteiger partial charge is 0.398 e. The van der Waals surface area contributed by atoms with Gasteiger partial charge in [0.1, 0.15) is 23.4 Å². The number of nitrogens with zero attached hydrogens (tertiary/aromatic N) is 2. The minimum Gasteiger partial charge on any atom is -0.398 e. The Kier molecular flexibility index (Phi) is 7.89. The Bertz CT molecular complexity index is 1230. The molecule has 2 atom stereocenters. The number of carbonyl (C=O) groups excluding carboxylic acids is 2. The Labute approximate surface area is 206 Å². The number of hydrogen-bond acceptors (Lipinski definition) is 11. The second kappa shape index (κ2) is 11.0. The number of aliphatic hydroxyl groups is 1. The van der Waals surface area contributed by atoms with Crippen LogP contribution in [0, 0.1) is 22.1 Å². The quantitative estimate of drug-likeness (QED) is 0.126. The predicted octanol–water partition coefficient (Wildman–Crippen LogP) is -1.09. The van der Waals surface area contributed by atoms with Crippen molar-refractivity contribution < 1.29 is 19.4 Å². The molecule has 3 rings (SSSR count). The first-order valence-corrected chi connectivity index (χ1v) is 10.6. The minimum atomic E-state index is -1.86. The van der Waals surface area contributed by atoms with Crippen molar-refractivity contribution in [1.29, 1.82) is 16.1 Å². The van der Waals surface area contributed by atoms with Crippen LogP contribution in [0.5, 0.6) is 0 Å². The number of rotatable bonds is 7. The van der Waals surface area contributed by atoms with Gasteiger partial charge in [0.25, 0.3) is 11.8 Å². The number of benzene rings is 1. The normalized spacial score (nSPS) is 18.5. The Balaban J connectivity index is 1.65. The number of nitriles is 1. The number of morpholine rings is 1. The van der Waals surface area contributed by atoms with Gasteiger partial charge in [-0.2, -0.15) is 5.26 Å². The van der Waals surface area contributed by atoms with Gasteiger partial charge in [-0.05, 0) is 37.3 Å². The SMILES string of the molecule is C/C(=C/C(=N)N1CCOC(C(O)C(=O)Nc2ccc(C(=N)N)c(N)c2)C1=O)NC1=CNNC(C#N)=C1. The molecule has 0 aliphatic carbocycles. The highest BCUT2D eigenvalue weighted by atomic mass is 16.5. The molecule has 2 unspecified atom stereocenters. The summed E-state index contributed by atoms with van der Waals surface area (Å²) in [5, 5.41) is 40.7. The summed E-state index contributed by atoms with van der Waals surface area (Å²) in [4.78, 5) is 26.6. The van der Waals surface area contributed by atoms with Crippen molar-refractivity contribution in [3.05, 3.63) is 59.2 Å². The number of allylic oxidation sites excluding steroid dienone is 3. The number of anilines is 2. The van der Waals surface area contributed by atoms with Gasteiger partial charge in [0.05, 0.1) is 18.8 Å². The van der Waals surface area contributed by atoms with Crippen molar-refractivity contribution in [2.75, 3.05) is 24.2 Å². The lowest BCUT2D eigenvalue weighted by Crippen LogP contribution is -2.56. The number of hydrazine groups is 1. The molecule has 188 valence electrons. The molecule has 2 heterocycles. The Morgan fingerprint density at radius 3 is 2.83 bits per heavy atom. The van der Waals surface area contributed by atoms with Gasteiger partial charge in [0, 0.05) is 28.8 Å². The van der Waals surface area contributed by atoms with Crippen LogP contribution in [0.1, 0.15) is 12.5 Å². The lowest BCUT2D eigenvalue weighted by molar-refractivity contribution is -0.161. The number of amides is 2. The van der Waals surface area contributed by atoms with Crippen LogP contribution in [0.4, 0.5) is 11.4 Å². The van der Waals surface area contributed by atoms with Crippen LogP contribution in [0.15, 0.2) is 53.6 Å². The summed E-state index contributed by atoms with van der Waals surface area (Å²) in [6.45, 7) is 1.73. The van der Waals surface area contributed by atoms with Crippen LogP contribution in [0.25, 0.3) is 0 Å². The summed E-state index contributed by atoms with van der Waals surface area (Å²) in [5.74, 6) is -2.07. The third-order valence-corrected chi connectivity index (χ3v) is 5.13. The molecule has 1 aromatic rings. The fourth-order valence-corrected chi connectivity index (χ4v) is 3.41. The van der Waals surface area contributed by atoms with Crippen molar-refractivity contribution in [2.24, 2.45) is 5.73 Å². The van der Waals surface area contributed by atoms with Gasteiger partial charge < -0.3 is 37.4 Å². The number of nitrogen functional groups attached to an aromatic ring is 2. The van der Waals surface area contributed by atoms with E-state index in [1.807, 2.05) is 6.07 Å². The minimum absolute atomic E-state index is 0.00128. The van der Waals surface area contributed by atoms with E-state index in [-0.39, 0.29) is 36.2 Å². The number of amidine groups is 2. The summed E-state index contributed by atoms with van der Waals surface area (Å²) in [6, 6.07) is 6.22. The predicted molar refractivity (Wildman–Crippen MR) is 131 cm³/mol. The van der Waals surface area contributed by atoms with E-state index in [2.05, 4.69) is 21.5 Å². The first-order valence-electron chi connectivity index (χ1n) is 10.6. The molecule has 0 radical (unpaired) electrons. The van der Waals surface area contributed by atoms with Gasteiger partial charge >= 0.3 is 0 Å². The summed E-state index contributed by atoms with van der Waals surface area (Å²) >= 11 is 0. The summed E-state index contributed by atoms with van der Waals surface area (Å²) in [7, 11) is 0. The zero-order valence-corrected chi connectivity index (χ0v) is 19.3. The molecule has 1 saturated heterocycles. The van der Waals surface area contributed by atoms with Crippen molar-refractivity contribution in [3.63, 3.8) is 0 Å². The molecule has 36 heavy (non-hydrogen) atoms. The highest BCUT2D eigenvalue weighted by molar-refractivity contribution is 6.07. The number of ether oxygens (including phenoxy) is 1. The highest BCUT2D eigenvalue weighted by Crippen LogP contribution is 2.19. The van der Waals surface area contributed by atoms with Crippen LogP contribution in [-0.2, 0) is 14.3 Å². The molecule has 2 aliphatic rings. The van der Waals surface area contributed by atoms with E-state index >= 15 is 0 Å². The molecule has 0 spiro atoms. The molecule has 11 N–H and O–H groups in total. The van der Waals surface area contributed by atoms with Crippen molar-refractivity contribution in [1.82, 2.24) is 21.1 Å². The van der Waals surface area contributed by atoms with Crippen molar-refractivity contribution >= 4 is 34.9 Å². The van der Waals surface area contributed by atoms with E-state index in [4.69, 9.17) is 32.3 Å². The molecule has 2 aliphatic heterocycles. The standard InChI is InChI=1S/C22H26N10O4/c1-11(29-14-7-13(9-23)31-28-10-14)6-17(25)32-4-5-36-19(22(32)35)18(33)21(34)30-12-2-3-15(20(26)27)16(24)8-12/h2-3,6-8,10,18-19,25,28-29,31,33H,4-5,24H2,1H3,(H3,26,27)(H,30,34)/b11-6-,25-17?. The second-order valence-corrected chi connectivity index (χ2v) is 7.81. The Morgan fingerprint density at radius 2 is 2.17 bits per heavy atom. The summed E-state index contributed by atoms with van der Waals surface area (Å²) in [6.07, 6.45) is 1.16. The molecule has 1 fully saturated rings. The van der Waals surface area contributed by atoms with Crippen molar-refractivity contribution in [2.45, 2.75) is 19.1 Å². The zero-order valence-electron chi connectivity index (χ0n) is 19.3. The van der Waals surface area contributed by atoms with E-state index in [0.717, 1.165) is 4.90 Å². The van der Waals surface area contributed by atoms with Gasteiger partial charge in [0.2, 0.25) is 0 Å². The maximum atomic E-state index is 12.9. The van der Waals surface area contributed by atoms with Gasteiger partial charge in [-0.3, -0.25) is 30.7 Å². The van der Waals surface area contributed by atoms with Gasteiger partial charge in [0.15, 0.2) is 12.2 Å². The average molecular weight is 495 g/mol. The van der Waals surface area contributed by atoms with E-state index in [0.29, 0.717) is 22.7 Å². The third kappa shape index (κ3) is 5.97. The summed E-state index contributed by atoms with van der Waals surface area (Å²) < 4.78 is 5.35. The number of aliphatic hydroxyl groups excluding tert-OH is 1. The topological polar surface area (TPSA) is 238 Å². The van der Waals surface area contributed by atoms with E-state index in [1.165, 1.54) is 24.3 Å². The number of nitrogens with one attached hydrogen (secondary N) is 6. The number of nitrogens with two attached hydrogens (primary N) is 2. The summed E-state index contributed by atoms with van der Waals surface area (Å²) in [5.41, 5.74) is 18.6. The molecule has 0 aromatic heterocycles. The molecule has 1 aromatic carbocycles. The first-order chi connectivity index (χ1) is 17.1. The van der Waals surface area contributed by atoms with Crippen molar-refractivity contribution in [3.8, 4) is 6.07 Å². The molecule has 14 nitrogen and oxygen atoms in total. The smallest absolute Gasteiger partial charge is 0.260 e. The number of hydrogen-bond donors (Lipinski definition) is 9. The lowest BCUT2D eigenvalue weighted by atomic mass is 10.1. The zero-order chi connectivity index (χ0) is 26.4. The third-order valence-electron chi connectivity index (χ3n) is 5.13. The maximum absolute atomic E-state index is 12.9. The first kappa shape index (κ1) is 25.7. The van der Waals surface area contributed by atoms with Gasteiger partial charge in [-0.1, -0.05) is 0 Å². The molecule has 2 amide bonds. The lowest BCUT2D eigenvalue weighted by Gasteiger charge is -2.33. The maximum Gasteiger partial charge on any atom is 0.260 e. The number of carbonyl (C=O) groups is 2. The average Bonchev–Trinajstić information content (AvgIpc) is 2.83. The second-order valence-electron chi connectivity index (χ2n) is 7.81. The Hall–Kier alpha value is -4.87. The highest BCUT2D eigenvalue weighted by Gasteiger charge is 2.40. The molecular formula is C22H26N10O4. The molecular weight excluding hydrogens is 468 g/mol.